The molecule has 3 nitrogen and oxygen atoms in total. The summed E-state index contributed by atoms with van der Waals surface area (Å²) in [5.41, 5.74) is 0.807. The molecule has 0 bridgehead atoms. The third-order valence-corrected chi connectivity index (χ3v) is 2.06. The van der Waals surface area contributed by atoms with Gasteiger partial charge >= 0.3 is 0 Å². The summed E-state index contributed by atoms with van der Waals surface area (Å²) in [4.78, 5) is 11.3. The van der Waals surface area contributed by atoms with Gasteiger partial charge < -0.3 is 9.73 Å². The molecule has 1 saturated heterocycles. The van der Waals surface area contributed by atoms with Crippen LogP contribution in [0.4, 0.5) is 0 Å². The summed E-state index contributed by atoms with van der Waals surface area (Å²) in [6, 6.07) is 3.65. The number of rotatable bonds is 1. The summed E-state index contributed by atoms with van der Waals surface area (Å²) in [7, 11) is 0. The Morgan fingerprint density at radius 2 is 2.46 bits per heavy atom. The minimum Gasteiger partial charge on any atom is -0.465 e. The molecule has 1 aliphatic rings. The van der Waals surface area contributed by atoms with Crippen molar-refractivity contribution in [3.63, 3.8) is 0 Å². The second-order valence-electron chi connectivity index (χ2n) is 3.04. The topological polar surface area (TPSA) is 42.2 Å². The average Bonchev–Trinajstić information content (AvgIpc) is 2.61. The summed E-state index contributed by atoms with van der Waals surface area (Å²) in [6.45, 7) is 0.786. The summed E-state index contributed by atoms with van der Waals surface area (Å²) in [6.07, 6.45) is 5.26. The molecule has 1 N–H and O–H groups in total. The van der Waals surface area contributed by atoms with E-state index in [1.165, 1.54) is 0 Å². The highest BCUT2D eigenvalue weighted by Crippen LogP contribution is 2.14. The van der Waals surface area contributed by atoms with Crippen molar-refractivity contribution in [2.24, 2.45) is 0 Å². The first-order chi connectivity index (χ1) is 6.36. The monoisotopic (exact) mass is 177 g/mol. The van der Waals surface area contributed by atoms with Crippen LogP contribution in [0.25, 0.3) is 6.08 Å². The Hall–Kier alpha value is -1.51. The number of piperidine rings is 1. The molecule has 0 atom stereocenters. The van der Waals surface area contributed by atoms with E-state index in [0.29, 0.717) is 0 Å². The molecule has 0 saturated carbocycles. The lowest BCUT2D eigenvalue weighted by molar-refractivity contribution is -0.118. The van der Waals surface area contributed by atoms with Gasteiger partial charge in [-0.2, -0.15) is 0 Å². The molecule has 0 unspecified atom stereocenters. The van der Waals surface area contributed by atoms with Gasteiger partial charge in [0.25, 0.3) is 0 Å². The first kappa shape index (κ1) is 8.10. The maximum atomic E-state index is 11.3. The fourth-order valence-corrected chi connectivity index (χ4v) is 1.39. The lowest BCUT2D eigenvalue weighted by Crippen LogP contribution is -2.30. The Labute approximate surface area is 76.4 Å². The number of carbonyl (C=O) groups excluding carboxylic acids is 1. The largest absolute Gasteiger partial charge is 0.465 e. The first-order valence-electron chi connectivity index (χ1n) is 4.38. The van der Waals surface area contributed by atoms with E-state index in [1.807, 2.05) is 12.1 Å². The van der Waals surface area contributed by atoms with Crippen LogP contribution in [-0.4, -0.2) is 12.5 Å². The Morgan fingerprint density at radius 3 is 3.15 bits per heavy atom. The zero-order chi connectivity index (χ0) is 9.10. The van der Waals surface area contributed by atoms with Gasteiger partial charge in [0.05, 0.1) is 6.26 Å². The van der Waals surface area contributed by atoms with Gasteiger partial charge in [-0.25, -0.2) is 0 Å². The van der Waals surface area contributed by atoms with Gasteiger partial charge in [0.15, 0.2) is 0 Å². The molecule has 1 aromatic heterocycles. The van der Waals surface area contributed by atoms with Crippen molar-refractivity contribution in [3.05, 3.63) is 29.7 Å². The maximum absolute atomic E-state index is 11.3. The Bertz CT molecular complexity index is 325. The molecule has 2 heterocycles. The third-order valence-electron chi connectivity index (χ3n) is 2.06. The maximum Gasteiger partial charge on any atom is 0.247 e. The van der Waals surface area contributed by atoms with Crippen LogP contribution >= 0.6 is 0 Å². The van der Waals surface area contributed by atoms with Gasteiger partial charge in [-0.1, -0.05) is 0 Å². The fraction of sp³-hybridized carbons (Fsp3) is 0.300. The van der Waals surface area contributed by atoms with Crippen molar-refractivity contribution in [2.75, 3.05) is 6.54 Å². The number of carbonyl (C=O) groups is 1. The van der Waals surface area contributed by atoms with Crippen molar-refractivity contribution < 1.29 is 9.21 Å². The predicted octanol–water partition coefficient (Wildman–Crippen LogP) is 1.57. The molecule has 1 fully saturated rings. The van der Waals surface area contributed by atoms with Crippen molar-refractivity contribution in [2.45, 2.75) is 12.8 Å². The van der Waals surface area contributed by atoms with Gasteiger partial charge in [0, 0.05) is 12.1 Å². The highest BCUT2D eigenvalue weighted by Gasteiger charge is 2.13. The Kier molecular flexibility index (Phi) is 2.17. The molecule has 68 valence electrons. The highest BCUT2D eigenvalue weighted by molar-refractivity contribution is 5.98. The zero-order valence-corrected chi connectivity index (χ0v) is 7.25. The van der Waals surface area contributed by atoms with Gasteiger partial charge in [-0.3, -0.25) is 4.79 Å². The van der Waals surface area contributed by atoms with E-state index in [0.717, 1.165) is 30.7 Å². The standard InChI is InChI=1S/C10H11NO2/c12-10-8(3-1-5-11-10)7-9-4-2-6-13-9/h2,4,6-7H,1,3,5H2,(H,11,12)/b8-7+. The minimum atomic E-state index is 0.0302. The summed E-state index contributed by atoms with van der Waals surface area (Å²) < 4.78 is 5.13. The number of hydrogen-bond donors (Lipinski definition) is 1. The molecule has 13 heavy (non-hydrogen) atoms. The Balaban J connectivity index is 2.19. The molecule has 1 amide bonds. The molecule has 2 rings (SSSR count). The lowest BCUT2D eigenvalue weighted by Gasteiger charge is -2.13. The van der Waals surface area contributed by atoms with Crippen molar-refractivity contribution in [1.82, 2.24) is 5.32 Å². The summed E-state index contributed by atoms with van der Waals surface area (Å²) in [5.74, 6) is 0.773. The third kappa shape index (κ3) is 1.80. The van der Waals surface area contributed by atoms with Crippen LogP contribution in [0.2, 0.25) is 0 Å². The van der Waals surface area contributed by atoms with Crippen molar-refractivity contribution >= 4 is 12.0 Å². The van der Waals surface area contributed by atoms with Crippen LogP contribution < -0.4 is 5.32 Å². The van der Waals surface area contributed by atoms with Crippen LogP contribution in [-0.2, 0) is 4.79 Å². The van der Waals surface area contributed by atoms with Crippen molar-refractivity contribution in [3.8, 4) is 0 Å². The summed E-state index contributed by atoms with van der Waals surface area (Å²) >= 11 is 0. The number of amides is 1. The minimum absolute atomic E-state index is 0.0302. The SMILES string of the molecule is O=C1NCCC/C1=C\c1ccco1. The average molecular weight is 177 g/mol. The van der Waals surface area contributed by atoms with E-state index in [4.69, 9.17) is 4.42 Å². The van der Waals surface area contributed by atoms with Crippen LogP contribution in [0.1, 0.15) is 18.6 Å². The molecule has 3 heteroatoms. The molecular formula is C10H11NO2. The molecular weight excluding hydrogens is 166 g/mol. The second kappa shape index (κ2) is 3.47. The smallest absolute Gasteiger partial charge is 0.247 e. The van der Waals surface area contributed by atoms with E-state index in [2.05, 4.69) is 5.32 Å². The fourth-order valence-electron chi connectivity index (χ4n) is 1.39. The van der Waals surface area contributed by atoms with E-state index in [1.54, 1.807) is 12.3 Å². The quantitative estimate of drug-likeness (QED) is 0.661. The number of nitrogens with one attached hydrogen (secondary N) is 1. The van der Waals surface area contributed by atoms with E-state index in [9.17, 15) is 4.79 Å². The van der Waals surface area contributed by atoms with Gasteiger partial charge in [0.2, 0.25) is 5.91 Å². The number of furan rings is 1. The van der Waals surface area contributed by atoms with Gasteiger partial charge in [0.1, 0.15) is 5.76 Å². The normalized spacial score (nSPS) is 20.3. The molecule has 0 aliphatic carbocycles. The van der Waals surface area contributed by atoms with Crippen LogP contribution in [0, 0.1) is 0 Å². The molecule has 0 aromatic carbocycles. The van der Waals surface area contributed by atoms with Crippen LogP contribution in [0.5, 0.6) is 0 Å². The lowest BCUT2D eigenvalue weighted by atomic mass is 10.1. The van der Waals surface area contributed by atoms with E-state index < -0.39 is 0 Å². The molecule has 0 spiro atoms. The second-order valence-corrected chi connectivity index (χ2v) is 3.04. The molecule has 1 aliphatic heterocycles. The van der Waals surface area contributed by atoms with Gasteiger partial charge in [-0.15, -0.1) is 0 Å². The van der Waals surface area contributed by atoms with Gasteiger partial charge in [-0.05, 0) is 31.1 Å². The highest BCUT2D eigenvalue weighted by atomic mass is 16.3. The summed E-state index contributed by atoms with van der Waals surface area (Å²) in [5, 5.41) is 2.80. The van der Waals surface area contributed by atoms with Crippen LogP contribution in [0.15, 0.2) is 28.4 Å². The predicted molar refractivity (Wildman–Crippen MR) is 48.9 cm³/mol. The zero-order valence-electron chi connectivity index (χ0n) is 7.25. The van der Waals surface area contributed by atoms with E-state index >= 15 is 0 Å². The molecule has 0 radical (unpaired) electrons. The number of hydrogen-bond acceptors (Lipinski definition) is 2. The molecule has 1 aromatic rings. The first-order valence-corrected chi connectivity index (χ1v) is 4.38. The van der Waals surface area contributed by atoms with Crippen LogP contribution in [0.3, 0.4) is 0 Å². The van der Waals surface area contributed by atoms with Crippen molar-refractivity contribution in [1.29, 1.82) is 0 Å². The van der Waals surface area contributed by atoms with E-state index in [-0.39, 0.29) is 5.91 Å². The Morgan fingerprint density at radius 1 is 1.54 bits per heavy atom.